The monoisotopic (exact) mass is 424 g/mol. The van der Waals surface area contributed by atoms with Crippen LogP contribution in [0.5, 0.6) is 0 Å². The summed E-state index contributed by atoms with van der Waals surface area (Å²) in [5.74, 6) is -0.987. The lowest BCUT2D eigenvalue weighted by Crippen LogP contribution is -2.31. The van der Waals surface area contributed by atoms with Crippen molar-refractivity contribution in [1.82, 2.24) is 5.32 Å². The van der Waals surface area contributed by atoms with Crippen LogP contribution in [-0.4, -0.2) is 28.4 Å². The van der Waals surface area contributed by atoms with Crippen molar-refractivity contribution in [1.29, 1.82) is 0 Å². The third-order valence-electron chi connectivity index (χ3n) is 4.15. The Morgan fingerprint density at radius 1 is 1.32 bits per heavy atom. The fourth-order valence-electron chi connectivity index (χ4n) is 3.02. The van der Waals surface area contributed by atoms with Gasteiger partial charge in [0.25, 0.3) is 5.70 Å². The number of benzene rings is 1. The maximum Gasteiger partial charge on any atom is 0.336 e. The Balaban J connectivity index is 2.31. The fourth-order valence-corrected chi connectivity index (χ4v) is 3.77. The van der Waals surface area contributed by atoms with Gasteiger partial charge < -0.3 is 10.1 Å². The van der Waals surface area contributed by atoms with Gasteiger partial charge in [-0.15, -0.1) is 0 Å². The highest BCUT2D eigenvalue weighted by Gasteiger charge is 2.40. The second-order valence-electron chi connectivity index (χ2n) is 6.25. The topological polar surface area (TPSA) is 98.5 Å². The van der Waals surface area contributed by atoms with E-state index in [1.54, 1.807) is 38.1 Å². The van der Waals surface area contributed by atoms with Gasteiger partial charge in [-0.3, -0.25) is 14.9 Å². The zero-order valence-electron chi connectivity index (χ0n) is 15.8. The molecule has 9 heteroatoms. The molecule has 150 valence electrons. The number of dihydropyridines is 1. The van der Waals surface area contributed by atoms with E-state index in [0.29, 0.717) is 34.2 Å². The van der Waals surface area contributed by atoms with Crippen LogP contribution < -0.4 is 5.32 Å². The lowest BCUT2D eigenvalue weighted by atomic mass is 9.84. The first-order chi connectivity index (χ1) is 13.2. The molecule has 0 aromatic heterocycles. The summed E-state index contributed by atoms with van der Waals surface area (Å²) < 4.78 is 5.34. The molecule has 0 spiro atoms. The van der Waals surface area contributed by atoms with Crippen molar-refractivity contribution in [2.75, 3.05) is 12.4 Å². The van der Waals surface area contributed by atoms with Gasteiger partial charge in [0.1, 0.15) is 5.92 Å². The van der Waals surface area contributed by atoms with E-state index in [4.69, 9.17) is 16.3 Å². The number of ether oxygens (including phenoxy) is 1. The summed E-state index contributed by atoms with van der Waals surface area (Å²) in [6, 6.07) is 6.65. The van der Waals surface area contributed by atoms with Crippen LogP contribution >= 0.6 is 23.4 Å². The maximum atomic E-state index is 12.8. The van der Waals surface area contributed by atoms with E-state index in [2.05, 4.69) is 5.32 Å². The Hall–Kier alpha value is -2.32. The van der Waals surface area contributed by atoms with Gasteiger partial charge in [-0.05, 0) is 38.0 Å². The number of nitrogens with one attached hydrogen (secondary N) is 1. The number of nitro groups is 1. The number of carbonyl (C=O) groups is 2. The van der Waals surface area contributed by atoms with Crippen molar-refractivity contribution in [2.24, 2.45) is 0 Å². The molecule has 1 heterocycles. The first kappa shape index (κ1) is 22.0. The molecule has 1 atom stereocenters. The smallest absolute Gasteiger partial charge is 0.336 e. The summed E-state index contributed by atoms with van der Waals surface area (Å²) >= 11 is 7.23. The average molecular weight is 425 g/mol. The zero-order valence-corrected chi connectivity index (χ0v) is 17.4. The molecular weight excluding hydrogens is 404 g/mol. The number of rotatable bonds is 7. The summed E-state index contributed by atoms with van der Waals surface area (Å²) in [5.41, 5.74) is 1.46. The molecule has 0 saturated carbocycles. The highest BCUT2D eigenvalue weighted by atomic mass is 35.5. The molecule has 1 aliphatic heterocycles. The SMILES string of the molecule is CC(=O)SCCCOC(=O)C1=C(C)NC(C)=C([N+](=O)[O-])C1c1cccc(Cl)c1. The van der Waals surface area contributed by atoms with E-state index in [0.717, 1.165) is 11.8 Å². The standard InChI is InChI=1S/C19H21ClN2O5S/c1-11-16(19(24)27-8-5-9-28-13(3)23)17(14-6-4-7-15(20)10-14)18(22(25)26)12(2)21-11/h4,6-7,10,17,21H,5,8-9H2,1-3H3. The number of hydrogen-bond acceptors (Lipinski definition) is 7. The van der Waals surface area contributed by atoms with Gasteiger partial charge >= 0.3 is 5.97 Å². The molecule has 7 nitrogen and oxygen atoms in total. The number of allylic oxidation sites excluding steroid dienone is 3. The largest absolute Gasteiger partial charge is 0.462 e. The van der Waals surface area contributed by atoms with Gasteiger partial charge in [0.15, 0.2) is 5.12 Å². The first-order valence-corrected chi connectivity index (χ1v) is 9.97. The molecule has 1 aromatic carbocycles. The number of thioether (sulfide) groups is 1. The molecule has 1 unspecified atom stereocenters. The molecule has 1 aromatic rings. The fraction of sp³-hybridized carbons (Fsp3) is 0.368. The summed E-state index contributed by atoms with van der Waals surface area (Å²) in [6.07, 6.45) is 0.508. The molecule has 1 N–H and O–H groups in total. The van der Waals surface area contributed by atoms with Gasteiger partial charge in [0.2, 0.25) is 0 Å². The Morgan fingerprint density at radius 3 is 2.64 bits per heavy atom. The highest BCUT2D eigenvalue weighted by Crippen LogP contribution is 2.39. The quantitative estimate of drug-likeness (QED) is 0.305. The zero-order chi connectivity index (χ0) is 20.8. The number of hydrogen-bond donors (Lipinski definition) is 1. The molecule has 0 saturated heterocycles. The summed E-state index contributed by atoms with van der Waals surface area (Å²) in [6.45, 7) is 4.87. The average Bonchev–Trinajstić information content (AvgIpc) is 2.59. The van der Waals surface area contributed by atoms with Gasteiger partial charge in [0, 0.05) is 23.4 Å². The van der Waals surface area contributed by atoms with Crippen molar-refractivity contribution >= 4 is 34.4 Å². The molecule has 0 fully saturated rings. The third-order valence-corrected chi connectivity index (χ3v) is 5.29. The highest BCUT2D eigenvalue weighted by molar-refractivity contribution is 8.13. The van der Waals surface area contributed by atoms with Crippen molar-refractivity contribution < 1.29 is 19.2 Å². The molecule has 0 amide bonds. The van der Waals surface area contributed by atoms with Crippen molar-refractivity contribution in [3.8, 4) is 0 Å². The number of nitrogens with zero attached hydrogens (tertiary/aromatic N) is 1. The Labute approximate surface area is 172 Å². The molecule has 0 radical (unpaired) electrons. The predicted octanol–water partition coefficient (Wildman–Crippen LogP) is 4.02. The van der Waals surface area contributed by atoms with Crippen molar-refractivity contribution in [3.63, 3.8) is 0 Å². The Kier molecular flexibility index (Phi) is 7.65. The van der Waals surface area contributed by atoms with Crippen LogP contribution in [0.4, 0.5) is 0 Å². The maximum absolute atomic E-state index is 12.8. The Bertz CT molecular complexity index is 866. The van der Waals surface area contributed by atoms with Crippen LogP contribution in [0.1, 0.15) is 38.7 Å². The molecular formula is C19H21ClN2O5S. The first-order valence-electron chi connectivity index (χ1n) is 8.61. The molecule has 1 aliphatic rings. The lowest BCUT2D eigenvalue weighted by molar-refractivity contribution is -0.431. The van der Waals surface area contributed by atoms with Crippen LogP contribution in [0.15, 0.2) is 46.9 Å². The number of esters is 1. The molecule has 0 aliphatic carbocycles. The van der Waals surface area contributed by atoms with E-state index in [-0.39, 0.29) is 23.0 Å². The second-order valence-corrected chi connectivity index (χ2v) is 7.96. The summed E-state index contributed by atoms with van der Waals surface area (Å²) in [5, 5.41) is 15.1. The van der Waals surface area contributed by atoms with Crippen LogP contribution in [-0.2, 0) is 14.3 Å². The lowest BCUT2D eigenvalue weighted by Gasteiger charge is -2.26. The van der Waals surface area contributed by atoms with E-state index in [1.165, 1.54) is 6.92 Å². The van der Waals surface area contributed by atoms with E-state index in [9.17, 15) is 19.7 Å². The normalized spacial score (nSPS) is 16.6. The van der Waals surface area contributed by atoms with Crippen LogP contribution in [0.3, 0.4) is 0 Å². The van der Waals surface area contributed by atoms with Crippen LogP contribution in [0.2, 0.25) is 5.02 Å². The van der Waals surface area contributed by atoms with E-state index >= 15 is 0 Å². The summed E-state index contributed by atoms with van der Waals surface area (Å²) in [7, 11) is 0. The van der Waals surface area contributed by atoms with Gasteiger partial charge in [-0.2, -0.15) is 0 Å². The van der Waals surface area contributed by atoms with E-state index < -0.39 is 16.8 Å². The third kappa shape index (κ3) is 5.36. The summed E-state index contributed by atoms with van der Waals surface area (Å²) in [4.78, 5) is 35.0. The minimum atomic E-state index is -0.894. The van der Waals surface area contributed by atoms with E-state index in [1.807, 2.05) is 0 Å². The van der Waals surface area contributed by atoms with Crippen molar-refractivity contribution in [2.45, 2.75) is 33.1 Å². The minimum Gasteiger partial charge on any atom is -0.462 e. The minimum absolute atomic E-state index is 0.00128. The van der Waals surface area contributed by atoms with Crippen molar-refractivity contribution in [3.05, 3.63) is 67.6 Å². The van der Waals surface area contributed by atoms with Gasteiger partial charge in [0.05, 0.1) is 22.8 Å². The van der Waals surface area contributed by atoms with Gasteiger partial charge in [-0.1, -0.05) is 35.5 Å². The Morgan fingerprint density at radius 2 is 2.04 bits per heavy atom. The second kappa shape index (κ2) is 9.75. The predicted molar refractivity (Wildman–Crippen MR) is 108 cm³/mol. The molecule has 2 rings (SSSR count). The number of halogens is 1. The van der Waals surface area contributed by atoms with Crippen LogP contribution in [0, 0.1) is 10.1 Å². The number of carbonyl (C=O) groups excluding carboxylic acids is 2. The molecule has 28 heavy (non-hydrogen) atoms. The molecule has 0 bridgehead atoms. The van der Waals surface area contributed by atoms with Crippen LogP contribution in [0.25, 0.3) is 0 Å². The van der Waals surface area contributed by atoms with Gasteiger partial charge in [-0.25, -0.2) is 4.79 Å².